The molecular formula is C26H27N3O6. The van der Waals surface area contributed by atoms with Crippen LogP contribution in [0.15, 0.2) is 48.5 Å². The van der Waals surface area contributed by atoms with E-state index in [1.165, 1.54) is 13.0 Å². The Balaban J connectivity index is 1.20. The predicted octanol–water partition coefficient (Wildman–Crippen LogP) is 2.27. The number of carbonyl (C=O) groups is 5. The standard InChI is InChI=1S/C26H27N3O6/c1-17(30)35-20-6-4-5-19(15-20)24(32)27-16-18-9-12-28(13-10-18)23(31)11-14-29-25(33)21-7-2-3-8-22(21)26(29)34/h2-8,15,18H,9-14,16H2,1H3,(H,27,32). The molecule has 35 heavy (non-hydrogen) atoms. The summed E-state index contributed by atoms with van der Waals surface area (Å²) in [6.45, 7) is 2.96. The van der Waals surface area contributed by atoms with Gasteiger partial charge in [0, 0.05) is 45.1 Å². The first-order chi connectivity index (χ1) is 16.8. The van der Waals surface area contributed by atoms with Crippen LogP contribution >= 0.6 is 0 Å². The normalized spacial score (nSPS) is 15.7. The number of ether oxygens (including phenoxy) is 1. The number of fused-ring (bicyclic) bond motifs is 1. The zero-order valence-electron chi connectivity index (χ0n) is 19.5. The third-order valence-electron chi connectivity index (χ3n) is 6.30. The highest BCUT2D eigenvalue weighted by atomic mass is 16.5. The molecule has 9 heteroatoms. The number of amides is 4. The van der Waals surface area contributed by atoms with Crippen molar-refractivity contribution in [2.75, 3.05) is 26.2 Å². The molecule has 0 radical (unpaired) electrons. The van der Waals surface area contributed by atoms with E-state index in [0.717, 1.165) is 17.7 Å². The summed E-state index contributed by atoms with van der Waals surface area (Å²) in [7, 11) is 0. The monoisotopic (exact) mass is 477 g/mol. The smallest absolute Gasteiger partial charge is 0.308 e. The molecule has 2 aliphatic rings. The number of likely N-dealkylation sites (tertiary alicyclic amines) is 1. The summed E-state index contributed by atoms with van der Waals surface area (Å²) in [4.78, 5) is 64.1. The minimum atomic E-state index is -0.451. The molecule has 1 N–H and O–H groups in total. The van der Waals surface area contributed by atoms with Crippen LogP contribution in [0, 0.1) is 5.92 Å². The Labute approximate surface area is 203 Å². The maximum absolute atomic E-state index is 12.7. The zero-order chi connectivity index (χ0) is 24.9. The van der Waals surface area contributed by atoms with Gasteiger partial charge in [0.15, 0.2) is 0 Å². The fraction of sp³-hybridized carbons (Fsp3) is 0.346. The van der Waals surface area contributed by atoms with Crippen LogP contribution in [-0.2, 0) is 9.59 Å². The van der Waals surface area contributed by atoms with E-state index in [2.05, 4.69) is 5.32 Å². The van der Waals surface area contributed by atoms with Crippen molar-refractivity contribution in [1.82, 2.24) is 15.1 Å². The topological polar surface area (TPSA) is 113 Å². The van der Waals surface area contributed by atoms with Crippen molar-refractivity contribution in [3.8, 4) is 5.75 Å². The number of benzene rings is 2. The van der Waals surface area contributed by atoms with Crippen molar-refractivity contribution in [1.29, 1.82) is 0 Å². The number of esters is 1. The van der Waals surface area contributed by atoms with Crippen LogP contribution in [0.4, 0.5) is 0 Å². The molecule has 2 aromatic carbocycles. The van der Waals surface area contributed by atoms with Gasteiger partial charge in [-0.25, -0.2) is 0 Å². The summed E-state index contributed by atoms with van der Waals surface area (Å²) in [5.74, 6) is -0.955. The van der Waals surface area contributed by atoms with E-state index in [9.17, 15) is 24.0 Å². The van der Waals surface area contributed by atoms with E-state index in [0.29, 0.717) is 42.1 Å². The molecule has 0 bridgehead atoms. The zero-order valence-corrected chi connectivity index (χ0v) is 19.5. The number of nitrogens with zero attached hydrogens (tertiary/aromatic N) is 2. The molecule has 2 aliphatic heterocycles. The predicted molar refractivity (Wildman–Crippen MR) is 126 cm³/mol. The quantitative estimate of drug-likeness (QED) is 0.372. The summed E-state index contributed by atoms with van der Waals surface area (Å²) in [5, 5.41) is 2.91. The summed E-state index contributed by atoms with van der Waals surface area (Å²) in [5.41, 5.74) is 1.17. The molecular weight excluding hydrogens is 450 g/mol. The van der Waals surface area contributed by atoms with Crippen LogP contribution in [-0.4, -0.2) is 65.6 Å². The molecule has 9 nitrogen and oxygen atoms in total. The average molecular weight is 478 g/mol. The minimum absolute atomic E-state index is 0.0631. The van der Waals surface area contributed by atoms with E-state index in [4.69, 9.17) is 4.74 Å². The first kappa shape index (κ1) is 24.1. The number of carbonyl (C=O) groups excluding carboxylic acids is 5. The van der Waals surface area contributed by atoms with Gasteiger partial charge in [-0.2, -0.15) is 0 Å². The van der Waals surface area contributed by atoms with E-state index in [-0.39, 0.29) is 42.5 Å². The van der Waals surface area contributed by atoms with Crippen molar-refractivity contribution < 1.29 is 28.7 Å². The lowest BCUT2D eigenvalue weighted by atomic mass is 9.96. The molecule has 2 heterocycles. The van der Waals surface area contributed by atoms with E-state index >= 15 is 0 Å². The lowest BCUT2D eigenvalue weighted by molar-refractivity contribution is -0.133. The second kappa shape index (κ2) is 10.5. The Morgan fingerprint density at radius 1 is 0.971 bits per heavy atom. The van der Waals surface area contributed by atoms with Gasteiger partial charge in [0.25, 0.3) is 17.7 Å². The second-order valence-corrected chi connectivity index (χ2v) is 8.71. The number of imide groups is 1. The van der Waals surface area contributed by atoms with Crippen molar-refractivity contribution in [2.24, 2.45) is 5.92 Å². The lowest BCUT2D eigenvalue weighted by Crippen LogP contribution is -2.43. The Morgan fingerprint density at radius 2 is 1.63 bits per heavy atom. The third-order valence-corrected chi connectivity index (χ3v) is 6.30. The first-order valence-corrected chi connectivity index (χ1v) is 11.6. The highest BCUT2D eigenvalue weighted by molar-refractivity contribution is 6.21. The van der Waals surface area contributed by atoms with Gasteiger partial charge in [-0.3, -0.25) is 28.9 Å². The third kappa shape index (κ3) is 5.56. The first-order valence-electron chi connectivity index (χ1n) is 11.6. The van der Waals surface area contributed by atoms with E-state index in [1.54, 1.807) is 47.4 Å². The Morgan fingerprint density at radius 3 is 2.26 bits per heavy atom. The molecule has 0 unspecified atom stereocenters. The average Bonchev–Trinajstić information content (AvgIpc) is 3.10. The van der Waals surface area contributed by atoms with E-state index in [1.807, 2.05) is 0 Å². The summed E-state index contributed by atoms with van der Waals surface area (Å²) in [6, 6.07) is 13.1. The molecule has 0 atom stereocenters. The van der Waals surface area contributed by atoms with Gasteiger partial charge >= 0.3 is 5.97 Å². The second-order valence-electron chi connectivity index (χ2n) is 8.71. The number of nitrogens with one attached hydrogen (secondary N) is 1. The number of rotatable bonds is 7. The van der Waals surface area contributed by atoms with Gasteiger partial charge in [0.2, 0.25) is 5.91 Å². The van der Waals surface area contributed by atoms with Gasteiger partial charge in [0.1, 0.15) is 5.75 Å². The Kier molecular flexibility index (Phi) is 7.24. The van der Waals surface area contributed by atoms with Crippen molar-refractivity contribution in [3.63, 3.8) is 0 Å². The van der Waals surface area contributed by atoms with Crippen LogP contribution in [0.1, 0.15) is 57.3 Å². The van der Waals surface area contributed by atoms with Crippen LogP contribution in [0.3, 0.4) is 0 Å². The molecule has 0 aliphatic carbocycles. The SMILES string of the molecule is CC(=O)Oc1cccc(C(=O)NCC2CCN(C(=O)CCN3C(=O)c4ccccc4C3=O)CC2)c1. The van der Waals surface area contributed by atoms with E-state index < -0.39 is 5.97 Å². The van der Waals surface area contributed by atoms with Gasteiger partial charge in [-0.15, -0.1) is 0 Å². The molecule has 2 aromatic rings. The van der Waals surface area contributed by atoms with Gasteiger partial charge in [-0.1, -0.05) is 18.2 Å². The van der Waals surface area contributed by atoms with Crippen LogP contribution in [0.2, 0.25) is 0 Å². The number of hydrogen-bond acceptors (Lipinski definition) is 6. The number of piperidine rings is 1. The Hall–Kier alpha value is -4.01. The highest BCUT2D eigenvalue weighted by Crippen LogP contribution is 2.23. The van der Waals surface area contributed by atoms with Crippen molar-refractivity contribution >= 4 is 29.6 Å². The van der Waals surface area contributed by atoms with Crippen LogP contribution < -0.4 is 10.1 Å². The molecule has 4 rings (SSSR count). The maximum Gasteiger partial charge on any atom is 0.308 e. The summed E-state index contributed by atoms with van der Waals surface area (Å²) < 4.78 is 5.02. The molecule has 0 aromatic heterocycles. The Bertz CT molecular complexity index is 1130. The van der Waals surface area contributed by atoms with Crippen molar-refractivity contribution in [3.05, 3.63) is 65.2 Å². The summed E-state index contributed by atoms with van der Waals surface area (Å²) in [6.07, 6.45) is 1.57. The summed E-state index contributed by atoms with van der Waals surface area (Å²) >= 11 is 0. The molecule has 0 saturated carbocycles. The van der Waals surface area contributed by atoms with Crippen molar-refractivity contribution in [2.45, 2.75) is 26.2 Å². The largest absolute Gasteiger partial charge is 0.427 e. The van der Waals surface area contributed by atoms with Gasteiger partial charge in [-0.05, 0) is 49.1 Å². The number of hydrogen-bond donors (Lipinski definition) is 1. The van der Waals surface area contributed by atoms with Crippen LogP contribution in [0.25, 0.3) is 0 Å². The highest BCUT2D eigenvalue weighted by Gasteiger charge is 2.35. The van der Waals surface area contributed by atoms with Crippen LogP contribution in [0.5, 0.6) is 5.75 Å². The van der Waals surface area contributed by atoms with Gasteiger partial charge in [0.05, 0.1) is 11.1 Å². The van der Waals surface area contributed by atoms with Gasteiger partial charge < -0.3 is 15.0 Å². The molecule has 4 amide bonds. The molecule has 1 fully saturated rings. The minimum Gasteiger partial charge on any atom is -0.427 e. The molecule has 182 valence electrons. The fourth-order valence-electron chi connectivity index (χ4n) is 4.40. The maximum atomic E-state index is 12.7. The fourth-order valence-corrected chi connectivity index (χ4v) is 4.40. The molecule has 1 saturated heterocycles. The molecule has 0 spiro atoms. The lowest BCUT2D eigenvalue weighted by Gasteiger charge is -2.32.